The Kier molecular flexibility index (Phi) is 6.70. The zero-order valence-corrected chi connectivity index (χ0v) is 27.2. The molecule has 1 aliphatic heterocycles. The molecule has 2 unspecified atom stereocenters. The van der Waals surface area contributed by atoms with Crippen LogP contribution in [0.1, 0.15) is 33.6 Å². The first-order valence-corrected chi connectivity index (χ1v) is 7.03. The van der Waals surface area contributed by atoms with Gasteiger partial charge in [-0.1, -0.05) is 26.8 Å². The molecule has 0 aromatic rings. The molecule has 4 nitrogen and oxygen atoms in total. The maximum Gasteiger partial charge on any atom is 0.220 e. The van der Waals surface area contributed by atoms with Gasteiger partial charge in [0.05, 0.1) is 5.57 Å². The third-order valence-corrected chi connectivity index (χ3v) is 4.39. The molecule has 0 aromatic heterocycles. The van der Waals surface area contributed by atoms with Gasteiger partial charge in [-0.2, -0.15) is 5.26 Å². The molecule has 1 N–H and O–H groups in total. The molecule has 1 fully saturated rings. The number of thiol groups is 1. The molecule has 2 radical (unpaired) electrons. The molecule has 0 aromatic carbocycles. The number of nitriles is 1. The van der Waals surface area contributed by atoms with Crippen molar-refractivity contribution in [2.45, 2.75) is 33.6 Å². The summed E-state index contributed by atoms with van der Waals surface area (Å²) in [6.45, 7) is 6.36. The van der Waals surface area contributed by atoms with E-state index in [1.54, 1.807) is 6.08 Å². The van der Waals surface area contributed by atoms with Crippen LogP contribution in [0.15, 0.2) is 11.6 Å². The van der Waals surface area contributed by atoms with Gasteiger partial charge in [-0.15, -0.1) is 0 Å². The Balaban J connectivity index is 0. The van der Waals surface area contributed by atoms with Crippen LogP contribution in [-0.4, -0.2) is 25.4 Å². The van der Waals surface area contributed by atoms with Gasteiger partial charge >= 0.3 is 0 Å². The van der Waals surface area contributed by atoms with Crippen LogP contribution in [0.5, 0.6) is 0 Å². The first-order chi connectivity index (χ1) is 9.31. The van der Waals surface area contributed by atoms with Crippen LogP contribution in [0.4, 0.5) is 0 Å². The number of nitrogens with zero attached hydrogens (tertiary/aromatic N) is 1. The fraction of sp³-hybridized carbons (Fsp3) is 0.643. The summed E-state index contributed by atoms with van der Waals surface area (Å²) in [4.78, 5) is 24.0. The third kappa shape index (κ3) is 3.09. The number of carbonyl (C=O) groups excluding carboxylic acids is 2. The first-order valence-electron chi connectivity index (χ1n) is 6.51. The number of hydrogen-bond donors (Lipinski definition) is 2. The van der Waals surface area contributed by atoms with E-state index in [0.29, 0.717) is 13.0 Å². The molecule has 22 heavy (non-hydrogen) atoms. The zero-order chi connectivity index (χ0) is 15.6. The second-order valence-corrected chi connectivity index (χ2v) is 6.09. The number of hydrogen-bond acceptors (Lipinski definition) is 4. The molecule has 2 rings (SSSR count). The van der Waals surface area contributed by atoms with E-state index >= 15 is 0 Å². The van der Waals surface area contributed by atoms with Gasteiger partial charge < -0.3 is 5.32 Å². The number of Topliss-reactive ketones (excluding diaryl/α,β-unsaturated/α-hetero) is 1. The van der Waals surface area contributed by atoms with Crippen molar-refractivity contribution in [1.82, 2.24) is 5.32 Å². The van der Waals surface area contributed by atoms with E-state index in [1.165, 1.54) is 0 Å². The average molecular weight is 824 g/mol. The van der Waals surface area contributed by atoms with Gasteiger partial charge in [-0.3, -0.25) is 9.59 Å². The summed E-state index contributed by atoms with van der Waals surface area (Å²) in [5.74, 6) is -0.00550. The van der Waals surface area contributed by atoms with Crippen molar-refractivity contribution in [2.24, 2.45) is 16.7 Å². The minimum absolute atomic E-state index is 0. The molecule has 0 spiro atoms. The maximum atomic E-state index is 12.3. The Labute approximate surface area is 126 Å². The predicted octanol–water partition coefficient (Wildman–Crippen LogP) is 1.58. The summed E-state index contributed by atoms with van der Waals surface area (Å²) in [7, 11) is 4.19. The summed E-state index contributed by atoms with van der Waals surface area (Å²) in [5.41, 5.74) is -0.780. The van der Waals surface area contributed by atoms with E-state index < -0.39 is 10.8 Å². The summed E-state index contributed by atoms with van der Waals surface area (Å²) < 4.78 is 0. The SMILES string of the molecule is CC12C=C(C#N)C(=O)C(C)(C)C1CCNC(=O)C2.[B]S.[Rf].[Rf]. The molecular formula is C14H19BN2O2Rf2S. The van der Waals surface area contributed by atoms with Crippen LogP contribution < -0.4 is 5.32 Å². The van der Waals surface area contributed by atoms with Gasteiger partial charge in [0.15, 0.2) is 12.9 Å². The molecule has 8 heteroatoms. The Bertz CT molecular complexity index is 506. The quantitative estimate of drug-likeness (QED) is 0.289. The van der Waals surface area contributed by atoms with E-state index in [2.05, 4.69) is 24.9 Å². The van der Waals surface area contributed by atoms with E-state index in [-0.39, 0.29) is 23.2 Å². The van der Waals surface area contributed by atoms with Gasteiger partial charge in [-0.25, -0.2) is 12.5 Å². The van der Waals surface area contributed by atoms with Crippen molar-refractivity contribution < 1.29 is 9.59 Å². The fourth-order valence-electron chi connectivity index (χ4n) is 3.54. The summed E-state index contributed by atoms with van der Waals surface area (Å²) in [6.07, 6.45) is 2.84. The number of fused-ring (bicyclic) bond motifs is 1. The van der Waals surface area contributed by atoms with E-state index in [4.69, 9.17) is 5.26 Å². The van der Waals surface area contributed by atoms with Crippen LogP contribution in [0, 0.1) is 28.1 Å². The van der Waals surface area contributed by atoms with Gasteiger partial charge in [0.25, 0.3) is 0 Å². The molecule has 1 saturated heterocycles. The van der Waals surface area contributed by atoms with Crippen LogP contribution >= 0.6 is 12.5 Å². The summed E-state index contributed by atoms with van der Waals surface area (Å²) >= 11 is 3.03. The molecule has 1 aliphatic carbocycles. The Morgan fingerprint density at radius 2 is 1.86 bits per heavy atom. The van der Waals surface area contributed by atoms with Crippen molar-refractivity contribution in [3.05, 3.63) is 11.6 Å². The normalized spacial score (nSPS) is 28.7. The summed E-state index contributed by atoms with van der Waals surface area (Å²) in [6, 6.07) is 1.98. The standard InChI is InChI=1S/C14H18N2O2.BHS.2Rf/c1-13(2)10-4-5-16-11(17)7-14(10,3)6-9(8-15)12(13)18;1-2;;/h6,10H,4-5,7H2,1-3H3,(H,16,17);2H;;. The average Bonchev–Trinajstić information content (AvgIpc) is 2.55. The predicted molar refractivity (Wildman–Crippen MR) is 81.1 cm³/mol. The molecule has 1 amide bonds. The molecule has 2 atom stereocenters. The largest absolute Gasteiger partial charge is 0.356 e. The molecule has 0 saturated carbocycles. The zero-order valence-electron chi connectivity index (χ0n) is 13.5. The number of amides is 1. The van der Waals surface area contributed by atoms with Gasteiger partial charge in [0.2, 0.25) is 5.91 Å². The number of rotatable bonds is 0. The van der Waals surface area contributed by atoms with Crippen LogP contribution in [0.2, 0.25) is 0 Å². The van der Waals surface area contributed by atoms with Crippen LogP contribution in [0.25, 0.3) is 0 Å². The molecule has 1 heterocycles. The number of nitrogens with one attached hydrogen (secondary N) is 1. The second-order valence-electron chi connectivity index (χ2n) is 6.09. The van der Waals surface area contributed by atoms with Gasteiger partial charge in [0.1, 0.15) is 6.07 Å². The van der Waals surface area contributed by atoms with Crippen molar-refractivity contribution in [3.63, 3.8) is 0 Å². The molecule has 0 bridgehead atoms. The second kappa shape index (κ2) is 6.98. The van der Waals surface area contributed by atoms with Crippen molar-refractivity contribution in [3.8, 4) is 6.07 Å². The number of allylic oxidation sites excluding steroid dienone is 2. The van der Waals surface area contributed by atoms with Crippen molar-refractivity contribution in [2.75, 3.05) is 6.54 Å². The Morgan fingerprint density at radius 1 is 1.32 bits per heavy atom. The van der Waals surface area contributed by atoms with Crippen molar-refractivity contribution in [1.29, 1.82) is 5.26 Å². The van der Waals surface area contributed by atoms with E-state index in [9.17, 15) is 9.59 Å². The van der Waals surface area contributed by atoms with Gasteiger partial charge in [-0.05, 0) is 17.8 Å². The topological polar surface area (TPSA) is 70.0 Å². The van der Waals surface area contributed by atoms with Crippen LogP contribution in [-0.2, 0) is 9.59 Å². The number of carbonyl (C=O) groups is 2. The Morgan fingerprint density at radius 3 is 2.36 bits per heavy atom. The van der Waals surface area contributed by atoms with E-state index in [0.717, 1.165) is 6.42 Å². The Hall–Kier alpha value is -3.22. The summed E-state index contributed by atoms with van der Waals surface area (Å²) in [5, 5.41) is 11.9. The smallest absolute Gasteiger partial charge is 0.220 e. The maximum absolute atomic E-state index is 12.3. The molecule has 2 aliphatic rings. The third-order valence-electron chi connectivity index (χ3n) is 4.39. The molecule has 110 valence electrons. The minimum atomic E-state index is -0.582. The monoisotopic (exact) mass is 824 g/mol. The molecular weight excluding hydrogens is 805 g/mol. The minimum Gasteiger partial charge on any atom is -0.356 e. The van der Waals surface area contributed by atoms with E-state index in [1.807, 2.05) is 26.8 Å². The van der Waals surface area contributed by atoms with Crippen LogP contribution in [0.3, 0.4) is 0 Å². The van der Waals surface area contributed by atoms with Gasteiger partial charge in [0, 0.05) is 18.4 Å². The fourth-order valence-corrected chi connectivity index (χ4v) is 3.54. The van der Waals surface area contributed by atoms with Crippen molar-refractivity contribution >= 4 is 31.3 Å². The number of ketones is 1. The first kappa shape index (κ1) is 21.1.